The molecule has 3 fully saturated rings. The Morgan fingerprint density at radius 3 is 2.39 bits per heavy atom. The van der Waals surface area contributed by atoms with E-state index in [0.29, 0.717) is 18.5 Å². The van der Waals surface area contributed by atoms with Gasteiger partial charge < -0.3 is 19.9 Å². The lowest BCUT2D eigenvalue weighted by Gasteiger charge is -2.36. The van der Waals surface area contributed by atoms with E-state index in [4.69, 9.17) is 4.74 Å². The van der Waals surface area contributed by atoms with Crippen LogP contribution >= 0.6 is 0 Å². The van der Waals surface area contributed by atoms with E-state index in [-0.39, 0.29) is 41.6 Å². The van der Waals surface area contributed by atoms with Gasteiger partial charge in [-0.25, -0.2) is 0 Å². The molecule has 4 rings (SSSR count). The van der Waals surface area contributed by atoms with Crippen LogP contribution in [0, 0.1) is 11.3 Å². The molecular weight excluding hydrogens is 456 g/mol. The lowest BCUT2D eigenvalue weighted by Crippen LogP contribution is -2.53. The lowest BCUT2D eigenvalue weighted by atomic mass is 9.87. The van der Waals surface area contributed by atoms with Crippen LogP contribution in [0.5, 0.6) is 0 Å². The number of hydrogen-bond donors (Lipinski definition) is 1. The Labute approximate surface area is 215 Å². The number of rotatable bonds is 7. The molecule has 8 nitrogen and oxygen atoms in total. The number of Topliss-reactive ketones (excluding diaryl/α,β-unsaturated/α-hetero) is 1. The second-order valence-corrected chi connectivity index (χ2v) is 11.8. The van der Waals surface area contributed by atoms with Crippen LogP contribution in [0.4, 0.5) is 5.69 Å². The number of ether oxygens (including phenoxy) is 1. The van der Waals surface area contributed by atoms with Crippen molar-refractivity contribution in [2.24, 2.45) is 11.3 Å². The van der Waals surface area contributed by atoms with Crippen LogP contribution in [0.2, 0.25) is 0 Å². The van der Waals surface area contributed by atoms with Crippen molar-refractivity contribution >= 4 is 23.3 Å². The summed E-state index contributed by atoms with van der Waals surface area (Å²) in [5.41, 5.74) is 1.46. The minimum atomic E-state index is -0.705. The first-order valence-corrected chi connectivity index (χ1v) is 13.4. The van der Waals surface area contributed by atoms with E-state index in [1.165, 1.54) is 6.42 Å². The van der Waals surface area contributed by atoms with Gasteiger partial charge in [-0.05, 0) is 49.1 Å². The summed E-state index contributed by atoms with van der Waals surface area (Å²) in [6.07, 6.45) is 1.41. The molecule has 0 radical (unpaired) electrons. The van der Waals surface area contributed by atoms with E-state index in [2.05, 4.69) is 22.0 Å². The van der Waals surface area contributed by atoms with Crippen molar-refractivity contribution in [2.45, 2.75) is 65.6 Å². The number of carbonyl (C=O) groups is 3. The van der Waals surface area contributed by atoms with E-state index in [1.54, 1.807) is 4.90 Å². The number of hydrogen-bond acceptors (Lipinski definition) is 6. The van der Waals surface area contributed by atoms with Crippen molar-refractivity contribution in [2.75, 3.05) is 50.8 Å². The van der Waals surface area contributed by atoms with E-state index < -0.39 is 12.1 Å². The molecule has 0 aliphatic carbocycles. The molecule has 0 aromatic heterocycles. The number of benzene rings is 1. The standard InChI is InChI=1S/C28H42N4O4/c1-6-11-30-12-14-31(15-13-30)21-9-7-20(8-10-21)26(34)29-22(16-28(3,4)5)27(35)32-17-19(2)25-24(32)23(33)18-36-25/h7-10,19,22,24-25H,6,11-18H2,1-5H3,(H,29,34)/t19-,22+,24-,25-/m1/s1. The largest absolute Gasteiger partial charge is 0.369 e. The third-order valence-corrected chi connectivity index (χ3v) is 7.55. The predicted molar refractivity (Wildman–Crippen MR) is 140 cm³/mol. The Bertz CT molecular complexity index is 949. The average Bonchev–Trinajstić information content (AvgIpc) is 3.38. The zero-order valence-corrected chi connectivity index (χ0v) is 22.5. The molecule has 0 unspecified atom stereocenters. The van der Waals surface area contributed by atoms with Crippen molar-refractivity contribution in [3.05, 3.63) is 29.8 Å². The molecule has 36 heavy (non-hydrogen) atoms. The summed E-state index contributed by atoms with van der Waals surface area (Å²) in [6, 6.07) is 6.42. The highest BCUT2D eigenvalue weighted by Gasteiger charge is 2.51. The molecule has 1 aromatic carbocycles. The molecule has 8 heteroatoms. The van der Waals surface area contributed by atoms with Gasteiger partial charge >= 0.3 is 0 Å². The van der Waals surface area contributed by atoms with E-state index in [0.717, 1.165) is 38.4 Å². The van der Waals surface area contributed by atoms with Crippen LogP contribution < -0.4 is 10.2 Å². The monoisotopic (exact) mass is 498 g/mol. The first-order chi connectivity index (χ1) is 17.1. The summed E-state index contributed by atoms with van der Waals surface area (Å²) >= 11 is 0. The van der Waals surface area contributed by atoms with Gasteiger partial charge in [-0.1, -0.05) is 34.6 Å². The molecule has 4 atom stereocenters. The highest BCUT2D eigenvalue weighted by atomic mass is 16.5. The van der Waals surface area contributed by atoms with E-state index in [9.17, 15) is 14.4 Å². The van der Waals surface area contributed by atoms with E-state index in [1.807, 2.05) is 52.0 Å². The van der Waals surface area contributed by atoms with Gasteiger partial charge in [0.15, 0.2) is 5.78 Å². The molecule has 0 spiro atoms. The molecule has 3 aliphatic heterocycles. The van der Waals surface area contributed by atoms with Crippen LogP contribution in [0.1, 0.15) is 57.8 Å². The third-order valence-electron chi connectivity index (χ3n) is 7.55. The maximum Gasteiger partial charge on any atom is 0.251 e. The zero-order valence-electron chi connectivity index (χ0n) is 22.5. The summed E-state index contributed by atoms with van der Waals surface area (Å²) in [7, 11) is 0. The van der Waals surface area contributed by atoms with Crippen molar-refractivity contribution in [1.82, 2.24) is 15.1 Å². The highest BCUT2D eigenvalue weighted by molar-refractivity contribution is 5.99. The van der Waals surface area contributed by atoms with E-state index >= 15 is 0 Å². The molecule has 1 aromatic rings. The number of ketones is 1. The van der Waals surface area contributed by atoms with Gasteiger partial charge in [0.1, 0.15) is 18.7 Å². The Balaban J connectivity index is 1.43. The normalized spacial score (nSPS) is 25.7. The van der Waals surface area contributed by atoms with Gasteiger partial charge in [0.25, 0.3) is 5.91 Å². The van der Waals surface area contributed by atoms with Crippen molar-refractivity contribution in [1.29, 1.82) is 0 Å². The van der Waals surface area contributed by atoms with Crippen LogP contribution in [0.3, 0.4) is 0 Å². The number of likely N-dealkylation sites (tertiary alicyclic amines) is 1. The van der Waals surface area contributed by atoms with Crippen LogP contribution in [0.25, 0.3) is 0 Å². The quantitative estimate of drug-likeness (QED) is 0.622. The Hall–Kier alpha value is -2.45. The number of amides is 2. The van der Waals surface area contributed by atoms with Gasteiger partial charge in [-0.3, -0.25) is 19.3 Å². The maximum absolute atomic E-state index is 13.7. The van der Waals surface area contributed by atoms with Gasteiger partial charge in [-0.15, -0.1) is 0 Å². The maximum atomic E-state index is 13.7. The average molecular weight is 499 g/mol. The van der Waals surface area contributed by atoms with Gasteiger partial charge in [-0.2, -0.15) is 0 Å². The fraction of sp³-hybridized carbons (Fsp3) is 0.679. The lowest BCUT2D eigenvalue weighted by molar-refractivity contribution is -0.138. The van der Waals surface area contributed by atoms with Crippen molar-refractivity contribution < 1.29 is 19.1 Å². The first kappa shape index (κ1) is 26.6. The Morgan fingerprint density at radius 2 is 1.78 bits per heavy atom. The fourth-order valence-corrected chi connectivity index (χ4v) is 5.74. The number of anilines is 1. The smallest absolute Gasteiger partial charge is 0.251 e. The molecule has 3 saturated heterocycles. The second kappa shape index (κ2) is 10.9. The Morgan fingerprint density at radius 1 is 1.11 bits per heavy atom. The summed E-state index contributed by atoms with van der Waals surface area (Å²) in [4.78, 5) is 45.8. The number of fused-ring (bicyclic) bond motifs is 1. The van der Waals surface area contributed by atoms with Crippen molar-refractivity contribution in [3.8, 4) is 0 Å². The molecular formula is C28H42N4O4. The van der Waals surface area contributed by atoms with Crippen LogP contribution in [-0.2, 0) is 14.3 Å². The molecule has 1 N–H and O–H groups in total. The number of carbonyl (C=O) groups excluding carboxylic acids is 3. The van der Waals surface area contributed by atoms with Gasteiger partial charge in [0.2, 0.25) is 5.91 Å². The van der Waals surface area contributed by atoms with Crippen molar-refractivity contribution in [3.63, 3.8) is 0 Å². The van der Waals surface area contributed by atoms with Crippen LogP contribution in [0.15, 0.2) is 24.3 Å². The number of nitrogens with zero attached hydrogens (tertiary/aromatic N) is 3. The van der Waals surface area contributed by atoms with Crippen LogP contribution in [-0.4, -0.2) is 91.5 Å². The zero-order chi connectivity index (χ0) is 26.0. The first-order valence-electron chi connectivity index (χ1n) is 13.4. The molecule has 3 aliphatic rings. The summed E-state index contributed by atoms with van der Waals surface area (Å²) in [6.45, 7) is 16.1. The Kier molecular flexibility index (Phi) is 8.05. The van der Waals surface area contributed by atoms with Gasteiger partial charge in [0, 0.05) is 49.9 Å². The molecule has 0 saturated carbocycles. The topological polar surface area (TPSA) is 82.2 Å². The molecule has 0 bridgehead atoms. The van der Waals surface area contributed by atoms with Gasteiger partial charge in [0.05, 0.1) is 6.10 Å². The second-order valence-electron chi connectivity index (χ2n) is 11.8. The molecule has 3 heterocycles. The summed E-state index contributed by atoms with van der Waals surface area (Å²) in [5.74, 6) is -0.426. The number of nitrogens with one attached hydrogen (secondary N) is 1. The summed E-state index contributed by atoms with van der Waals surface area (Å²) in [5, 5.41) is 2.99. The minimum Gasteiger partial charge on any atom is -0.369 e. The molecule has 2 amide bonds. The fourth-order valence-electron chi connectivity index (χ4n) is 5.74. The predicted octanol–water partition coefficient (Wildman–Crippen LogP) is 2.57. The summed E-state index contributed by atoms with van der Waals surface area (Å²) < 4.78 is 5.65. The third kappa shape index (κ3) is 5.92. The molecule has 198 valence electrons. The minimum absolute atomic E-state index is 0.0512. The highest BCUT2D eigenvalue weighted by Crippen LogP contribution is 2.33. The SMILES string of the molecule is CCCN1CCN(c2ccc(C(=O)N[C@@H](CC(C)(C)C)C(=O)N3C[C@@H](C)[C@H]4OCC(=O)[C@H]43)cc2)CC1. The number of piperazine rings is 1.